The van der Waals surface area contributed by atoms with Crippen LogP contribution in [-0.4, -0.2) is 17.6 Å². The molecule has 2 nitrogen and oxygen atoms in total. The molecule has 1 aromatic heterocycles. The van der Waals surface area contributed by atoms with Gasteiger partial charge in [0.15, 0.2) is 0 Å². The van der Waals surface area contributed by atoms with Gasteiger partial charge in [-0.3, -0.25) is 0 Å². The summed E-state index contributed by atoms with van der Waals surface area (Å²) in [6, 6.07) is 4.61. The number of hydrogen-bond acceptors (Lipinski definition) is 2. The third kappa shape index (κ3) is 1.87. The summed E-state index contributed by atoms with van der Waals surface area (Å²) in [6.07, 6.45) is 7.92. The molecule has 3 heteroatoms. The molecule has 0 unspecified atom stereocenters. The molecule has 0 amide bonds. The zero-order chi connectivity index (χ0) is 11.0. The maximum absolute atomic E-state index is 5.80. The topological polar surface area (TPSA) is 24.9 Å². The fourth-order valence-corrected chi connectivity index (χ4v) is 2.87. The Bertz CT molecular complexity index is 410. The minimum Gasteiger partial charge on any atom is -0.313 e. The molecule has 2 heterocycles. The van der Waals surface area contributed by atoms with Gasteiger partial charge in [-0.1, -0.05) is 23.7 Å². The van der Waals surface area contributed by atoms with Gasteiger partial charge in [0, 0.05) is 12.2 Å². The lowest BCUT2D eigenvalue weighted by Gasteiger charge is -2.25. The van der Waals surface area contributed by atoms with Crippen molar-refractivity contribution in [3.63, 3.8) is 0 Å². The smallest absolute Gasteiger partial charge is 0.129 e. The van der Waals surface area contributed by atoms with Crippen LogP contribution in [0.1, 0.15) is 24.8 Å². The average Bonchev–Trinajstić information content (AvgIpc) is 2.77. The third-order valence-corrected chi connectivity index (χ3v) is 3.92. The van der Waals surface area contributed by atoms with Gasteiger partial charge in [-0.2, -0.15) is 0 Å². The van der Waals surface area contributed by atoms with Gasteiger partial charge in [0.2, 0.25) is 0 Å². The molecule has 1 aliphatic heterocycles. The van der Waals surface area contributed by atoms with E-state index in [9.17, 15) is 0 Å². The van der Waals surface area contributed by atoms with Gasteiger partial charge in [0.1, 0.15) is 5.15 Å². The molecular weight excluding hydrogens is 220 g/mol. The second-order valence-electron chi connectivity index (χ2n) is 4.65. The molecular formula is C13H15ClN2. The highest BCUT2D eigenvalue weighted by molar-refractivity contribution is 6.29. The second-order valence-corrected chi connectivity index (χ2v) is 5.04. The lowest BCUT2D eigenvalue weighted by atomic mass is 9.84. The number of nitrogens with one attached hydrogen (secondary N) is 1. The van der Waals surface area contributed by atoms with Crippen LogP contribution in [0.4, 0.5) is 0 Å². The molecule has 1 saturated heterocycles. The highest BCUT2D eigenvalue weighted by atomic mass is 35.5. The van der Waals surface area contributed by atoms with E-state index in [-0.39, 0.29) is 0 Å². The first-order valence-electron chi connectivity index (χ1n) is 5.87. The Labute approximate surface area is 101 Å². The van der Waals surface area contributed by atoms with Gasteiger partial charge in [-0.05, 0) is 48.9 Å². The summed E-state index contributed by atoms with van der Waals surface area (Å²) in [5.41, 5.74) is 2.64. The summed E-state index contributed by atoms with van der Waals surface area (Å²) in [6.45, 7) is 1.18. The monoisotopic (exact) mass is 234 g/mol. The van der Waals surface area contributed by atoms with Crippen LogP contribution in [0.15, 0.2) is 24.4 Å². The standard InChI is InChI=1S/C13H15ClN2/c14-13-4-3-11(8-16-13)10-2-1-9-5-6-15-12(9)7-10/h2-4,8-9,12,15H,1,5-7H2/t9-,12-/m1/s1. The number of allylic oxidation sites excluding steroid dienone is 1. The number of hydrogen-bond donors (Lipinski definition) is 1. The van der Waals surface area contributed by atoms with Crippen molar-refractivity contribution in [2.45, 2.75) is 25.3 Å². The molecule has 2 atom stereocenters. The molecule has 0 spiro atoms. The predicted molar refractivity (Wildman–Crippen MR) is 66.4 cm³/mol. The number of halogens is 1. The van der Waals surface area contributed by atoms with Crippen molar-refractivity contribution in [2.24, 2.45) is 5.92 Å². The zero-order valence-corrected chi connectivity index (χ0v) is 9.87. The van der Waals surface area contributed by atoms with Crippen molar-refractivity contribution in [2.75, 3.05) is 6.54 Å². The Hall–Kier alpha value is -0.860. The quantitative estimate of drug-likeness (QED) is 0.756. The van der Waals surface area contributed by atoms with Crippen molar-refractivity contribution in [3.05, 3.63) is 35.1 Å². The Morgan fingerprint density at radius 3 is 3.12 bits per heavy atom. The van der Waals surface area contributed by atoms with E-state index in [0.717, 1.165) is 12.3 Å². The molecule has 0 saturated carbocycles. The van der Waals surface area contributed by atoms with Crippen molar-refractivity contribution < 1.29 is 0 Å². The Balaban J connectivity index is 1.83. The van der Waals surface area contributed by atoms with Crippen LogP contribution in [0.25, 0.3) is 5.57 Å². The summed E-state index contributed by atoms with van der Waals surface area (Å²) in [5, 5.41) is 4.15. The van der Waals surface area contributed by atoms with E-state index in [1.54, 1.807) is 0 Å². The molecule has 1 aromatic rings. The van der Waals surface area contributed by atoms with E-state index in [4.69, 9.17) is 11.6 Å². The average molecular weight is 235 g/mol. The number of nitrogens with zero attached hydrogens (tertiary/aromatic N) is 1. The van der Waals surface area contributed by atoms with Gasteiger partial charge in [-0.15, -0.1) is 0 Å². The SMILES string of the molecule is Clc1ccc(C2=CC[C@@H]3CCN[C@@H]3C2)cn1. The third-order valence-electron chi connectivity index (χ3n) is 3.70. The first-order chi connectivity index (χ1) is 7.83. The van der Waals surface area contributed by atoms with Crippen LogP contribution in [-0.2, 0) is 0 Å². The molecule has 0 aromatic carbocycles. The minimum atomic E-state index is 0.567. The molecule has 0 bridgehead atoms. The maximum atomic E-state index is 5.80. The molecule has 84 valence electrons. The van der Waals surface area contributed by atoms with E-state index >= 15 is 0 Å². The van der Waals surface area contributed by atoms with Crippen molar-refractivity contribution in [1.29, 1.82) is 0 Å². The fourth-order valence-electron chi connectivity index (χ4n) is 2.76. The zero-order valence-electron chi connectivity index (χ0n) is 9.12. The van der Waals surface area contributed by atoms with Crippen LogP contribution in [0.5, 0.6) is 0 Å². The van der Waals surface area contributed by atoms with Crippen LogP contribution >= 0.6 is 11.6 Å². The summed E-state index contributed by atoms with van der Waals surface area (Å²) < 4.78 is 0. The molecule has 16 heavy (non-hydrogen) atoms. The maximum Gasteiger partial charge on any atom is 0.129 e. The van der Waals surface area contributed by atoms with Gasteiger partial charge in [0.05, 0.1) is 0 Å². The van der Waals surface area contributed by atoms with Crippen LogP contribution < -0.4 is 5.32 Å². The molecule has 2 aliphatic rings. The summed E-state index contributed by atoms with van der Waals surface area (Å²) >= 11 is 5.80. The molecule has 3 rings (SSSR count). The minimum absolute atomic E-state index is 0.567. The summed E-state index contributed by atoms with van der Waals surface area (Å²) in [4.78, 5) is 4.14. The van der Waals surface area contributed by atoms with Gasteiger partial charge in [-0.25, -0.2) is 4.98 Å². The Kier molecular flexibility index (Phi) is 2.70. The van der Waals surface area contributed by atoms with Crippen molar-refractivity contribution in [1.82, 2.24) is 10.3 Å². The molecule has 1 aliphatic carbocycles. The highest BCUT2D eigenvalue weighted by Crippen LogP contribution is 2.34. The van der Waals surface area contributed by atoms with Crippen LogP contribution in [0.3, 0.4) is 0 Å². The molecule has 1 N–H and O–H groups in total. The van der Waals surface area contributed by atoms with Crippen LogP contribution in [0, 0.1) is 5.92 Å². The first kappa shape index (κ1) is 10.3. The molecule has 1 fully saturated rings. The fraction of sp³-hybridized carbons (Fsp3) is 0.462. The molecule has 0 radical (unpaired) electrons. The van der Waals surface area contributed by atoms with Crippen LogP contribution in [0.2, 0.25) is 5.15 Å². The Morgan fingerprint density at radius 1 is 1.38 bits per heavy atom. The number of rotatable bonds is 1. The van der Waals surface area contributed by atoms with E-state index in [1.165, 1.54) is 30.5 Å². The van der Waals surface area contributed by atoms with Crippen molar-refractivity contribution in [3.8, 4) is 0 Å². The highest BCUT2D eigenvalue weighted by Gasteiger charge is 2.29. The van der Waals surface area contributed by atoms with E-state index in [0.29, 0.717) is 11.2 Å². The Morgan fingerprint density at radius 2 is 2.31 bits per heavy atom. The number of aromatic nitrogens is 1. The summed E-state index contributed by atoms with van der Waals surface area (Å²) in [7, 11) is 0. The first-order valence-corrected chi connectivity index (χ1v) is 6.25. The summed E-state index contributed by atoms with van der Waals surface area (Å²) in [5.74, 6) is 0.851. The number of pyridine rings is 1. The predicted octanol–water partition coefficient (Wildman–Crippen LogP) is 2.89. The number of fused-ring (bicyclic) bond motifs is 1. The lowest BCUT2D eigenvalue weighted by molar-refractivity contribution is 0.445. The normalized spacial score (nSPS) is 28.7. The van der Waals surface area contributed by atoms with E-state index in [1.807, 2.05) is 12.3 Å². The second kappa shape index (κ2) is 4.19. The van der Waals surface area contributed by atoms with Gasteiger partial charge in [0.25, 0.3) is 0 Å². The van der Waals surface area contributed by atoms with Gasteiger partial charge >= 0.3 is 0 Å². The lowest BCUT2D eigenvalue weighted by Crippen LogP contribution is -2.29. The van der Waals surface area contributed by atoms with Gasteiger partial charge < -0.3 is 5.32 Å². The largest absolute Gasteiger partial charge is 0.313 e. The van der Waals surface area contributed by atoms with Crippen molar-refractivity contribution >= 4 is 17.2 Å². The van der Waals surface area contributed by atoms with E-state index < -0.39 is 0 Å². The van der Waals surface area contributed by atoms with E-state index in [2.05, 4.69) is 22.4 Å².